The van der Waals surface area contributed by atoms with E-state index in [2.05, 4.69) is 20.5 Å². The SMILES string of the molecule is COC(=O)NCC(NC(=O)Cn1nc(-c2ccc(Cl)cc2)n(C[C@H](O)C(F)(F)F)c1=O)c1cccc(C(F)(F)F)c1. The molecular formula is C24H22ClF6N5O5. The average molecular weight is 610 g/mol. The van der Waals surface area contributed by atoms with Crippen LogP contribution in [0.1, 0.15) is 17.2 Å². The molecule has 1 unspecified atom stereocenters. The number of nitrogens with zero attached hydrogens (tertiary/aromatic N) is 3. The second-order valence-corrected chi connectivity index (χ2v) is 8.99. The van der Waals surface area contributed by atoms with Crippen molar-refractivity contribution in [1.29, 1.82) is 0 Å². The molecular weight excluding hydrogens is 588 g/mol. The highest BCUT2D eigenvalue weighted by Gasteiger charge is 2.39. The van der Waals surface area contributed by atoms with Gasteiger partial charge in [0.05, 0.1) is 25.3 Å². The lowest BCUT2D eigenvalue weighted by Crippen LogP contribution is -2.41. The number of methoxy groups -OCH3 is 1. The molecule has 1 aromatic heterocycles. The first kappa shape index (κ1) is 31.5. The molecule has 3 rings (SSSR count). The Labute approximate surface area is 232 Å². The molecule has 1 heterocycles. The molecule has 0 aliphatic carbocycles. The number of aliphatic hydroxyl groups excluding tert-OH is 1. The Morgan fingerprint density at radius 2 is 1.76 bits per heavy atom. The second kappa shape index (κ2) is 12.6. The Balaban J connectivity index is 1.93. The lowest BCUT2D eigenvalue weighted by molar-refractivity contribution is -0.207. The van der Waals surface area contributed by atoms with E-state index in [1.807, 2.05) is 0 Å². The molecule has 0 saturated carbocycles. The lowest BCUT2D eigenvalue weighted by atomic mass is 10.0. The smallest absolute Gasteiger partial charge is 0.416 e. The van der Waals surface area contributed by atoms with Crippen molar-refractivity contribution in [3.05, 3.63) is 75.2 Å². The fourth-order valence-corrected chi connectivity index (χ4v) is 3.74. The predicted molar refractivity (Wildman–Crippen MR) is 132 cm³/mol. The molecule has 41 heavy (non-hydrogen) atoms. The number of halogens is 7. The van der Waals surface area contributed by atoms with Crippen LogP contribution in [0.3, 0.4) is 0 Å². The zero-order valence-electron chi connectivity index (χ0n) is 21.0. The van der Waals surface area contributed by atoms with Gasteiger partial charge in [0.15, 0.2) is 11.9 Å². The summed E-state index contributed by atoms with van der Waals surface area (Å²) in [5.74, 6) is -1.30. The first-order valence-electron chi connectivity index (χ1n) is 11.6. The van der Waals surface area contributed by atoms with E-state index in [1.54, 1.807) is 0 Å². The lowest BCUT2D eigenvalue weighted by Gasteiger charge is -2.20. The molecule has 2 amide bonds. The Morgan fingerprint density at radius 1 is 1.10 bits per heavy atom. The highest BCUT2D eigenvalue weighted by Crippen LogP contribution is 2.31. The Hall–Kier alpha value is -4.05. The zero-order valence-corrected chi connectivity index (χ0v) is 21.7. The van der Waals surface area contributed by atoms with Gasteiger partial charge in [-0.15, -0.1) is 5.10 Å². The first-order chi connectivity index (χ1) is 19.1. The van der Waals surface area contributed by atoms with Crippen LogP contribution in [0.25, 0.3) is 11.4 Å². The van der Waals surface area contributed by atoms with Crippen LogP contribution in [0.4, 0.5) is 31.1 Å². The number of benzene rings is 2. The normalized spacial score (nSPS) is 13.4. The van der Waals surface area contributed by atoms with Gasteiger partial charge in [-0.3, -0.25) is 9.36 Å². The molecule has 2 atom stereocenters. The summed E-state index contributed by atoms with van der Waals surface area (Å²) in [6, 6.07) is 8.13. The number of alkyl halides is 6. The molecule has 0 aliphatic rings. The highest BCUT2D eigenvalue weighted by molar-refractivity contribution is 6.30. The number of aliphatic hydroxyl groups is 1. The van der Waals surface area contributed by atoms with Crippen LogP contribution in [0.5, 0.6) is 0 Å². The van der Waals surface area contributed by atoms with Gasteiger partial charge in [-0.25, -0.2) is 14.3 Å². The number of aromatic nitrogens is 3. The Morgan fingerprint density at radius 3 is 2.34 bits per heavy atom. The molecule has 3 N–H and O–H groups in total. The molecule has 0 fully saturated rings. The largest absolute Gasteiger partial charge is 0.453 e. The van der Waals surface area contributed by atoms with Gasteiger partial charge in [-0.2, -0.15) is 26.3 Å². The third-order valence-electron chi connectivity index (χ3n) is 5.64. The van der Waals surface area contributed by atoms with Crippen molar-refractivity contribution in [2.45, 2.75) is 37.6 Å². The summed E-state index contributed by atoms with van der Waals surface area (Å²) in [6.45, 7) is -2.53. The Bertz CT molecular complexity index is 1440. The van der Waals surface area contributed by atoms with Gasteiger partial charge < -0.3 is 20.5 Å². The number of hydrogen-bond donors (Lipinski definition) is 3. The summed E-state index contributed by atoms with van der Waals surface area (Å²) in [7, 11) is 1.05. The number of alkyl carbamates (subject to hydrolysis) is 1. The molecule has 10 nitrogen and oxygen atoms in total. The van der Waals surface area contributed by atoms with Crippen LogP contribution >= 0.6 is 11.6 Å². The van der Waals surface area contributed by atoms with Crippen LogP contribution in [0, 0.1) is 0 Å². The fourth-order valence-electron chi connectivity index (χ4n) is 3.62. The number of nitrogens with one attached hydrogen (secondary N) is 2. The van der Waals surface area contributed by atoms with E-state index in [4.69, 9.17) is 11.6 Å². The van der Waals surface area contributed by atoms with E-state index in [1.165, 1.54) is 30.3 Å². The first-order valence-corrected chi connectivity index (χ1v) is 11.9. The zero-order chi connectivity index (χ0) is 30.5. The molecule has 0 spiro atoms. The molecule has 3 aromatic rings. The van der Waals surface area contributed by atoms with E-state index in [-0.39, 0.29) is 22.0 Å². The third kappa shape index (κ3) is 8.23. The maximum Gasteiger partial charge on any atom is 0.416 e. The highest BCUT2D eigenvalue weighted by atomic mass is 35.5. The summed E-state index contributed by atoms with van der Waals surface area (Å²) in [5, 5.41) is 18.4. The van der Waals surface area contributed by atoms with E-state index in [0.29, 0.717) is 9.25 Å². The number of hydrogen-bond acceptors (Lipinski definition) is 6. The molecule has 0 bridgehead atoms. The second-order valence-electron chi connectivity index (χ2n) is 8.55. The quantitative estimate of drug-likeness (QED) is 0.319. The van der Waals surface area contributed by atoms with Crippen LogP contribution in [0.15, 0.2) is 53.3 Å². The van der Waals surface area contributed by atoms with Crippen molar-refractivity contribution in [2.24, 2.45) is 0 Å². The van der Waals surface area contributed by atoms with Gasteiger partial charge in [0.25, 0.3) is 0 Å². The minimum absolute atomic E-state index is 0.0578. The summed E-state index contributed by atoms with van der Waals surface area (Å²) in [4.78, 5) is 37.4. The minimum Gasteiger partial charge on any atom is -0.453 e. The minimum atomic E-state index is -5.07. The molecule has 0 aliphatic heterocycles. The van der Waals surface area contributed by atoms with Crippen molar-refractivity contribution in [3.8, 4) is 11.4 Å². The van der Waals surface area contributed by atoms with Gasteiger partial charge in [-0.05, 0) is 42.0 Å². The summed E-state index contributed by atoms with van der Waals surface area (Å²) >= 11 is 5.84. The van der Waals surface area contributed by atoms with Crippen molar-refractivity contribution < 1.29 is 45.8 Å². The van der Waals surface area contributed by atoms with E-state index < -0.39 is 67.4 Å². The van der Waals surface area contributed by atoms with Crippen molar-refractivity contribution >= 4 is 23.6 Å². The van der Waals surface area contributed by atoms with Crippen LogP contribution in [-0.4, -0.2) is 57.4 Å². The van der Waals surface area contributed by atoms with Crippen LogP contribution in [0.2, 0.25) is 5.02 Å². The topological polar surface area (TPSA) is 127 Å². The predicted octanol–water partition coefficient (Wildman–Crippen LogP) is 3.52. The summed E-state index contributed by atoms with van der Waals surface area (Å²) in [5.41, 5.74) is -2.13. The molecule has 2 aromatic carbocycles. The standard InChI is InChI=1S/C24H22ClF6N5O5/c1-41-21(39)32-10-17(14-3-2-4-15(9-14)23(26,27)28)33-19(38)12-36-22(40)35(11-18(37)24(29,30)31)20(34-36)13-5-7-16(25)8-6-13/h2-9,17-18,37H,10-12H2,1H3,(H,32,39)(H,33,38)/t17?,18-/m0/s1. The van der Waals surface area contributed by atoms with E-state index in [0.717, 1.165) is 25.3 Å². The maximum atomic E-state index is 13.2. The fraction of sp³-hybridized carbons (Fsp3) is 0.333. The molecule has 0 saturated heterocycles. The summed E-state index contributed by atoms with van der Waals surface area (Å²) < 4.78 is 84.4. The van der Waals surface area contributed by atoms with E-state index in [9.17, 15) is 45.8 Å². The van der Waals surface area contributed by atoms with Gasteiger partial charge in [0.2, 0.25) is 5.91 Å². The van der Waals surface area contributed by atoms with Crippen molar-refractivity contribution in [1.82, 2.24) is 25.0 Å². The van der Waals surface area contributed by atoms with Crippen molar-refractivity contribution in [2.75, 3.05) is 13.7 Å². The number of rotatable bonds is 9. The van der Waals surface area contributed by atoms with Gasteiger partial charge in [0.1, 0.15) is 6.54 Å². The molecule has 0 radical (unpaired) electrons. The molecule has 17 heteroatoms. The van der Waals surface area contributed by atoms with Crippen LogP contribution < -0.4 is 16.3 Å². The number of ether oxygens (including phenoxy) is 1. The van der Waals surface area contributed by atoms with Crippen molar-refractivity contribution in [3.63, 3.8) is 0 Å². The Kier molecular flexibility index (Phi) is 9.70. The number of amides is 2. The summed E-state index contributed by atoms with van der Waals surface area (Å²) in [6.07, 6.45) is -13.7. The maximum absolute atomic E-state index is 13.2. The van der Waals surface area contributed by atoms with Gasteiger partial charge in [0, 0.05) is 17.1 Å². The molecule has 222 valence electrons. The third-order valence-corrected chi connectivity index (χ3v) is 5.89. The van der Waals surface area contributed by atoms with Gasteiger partial charge >= 0.3 is 24.1 Å². The van der Waals surface area contributed by atoms with Gasteiger partial charge in [-0.1, -0.05) is 23.7 Å². The van der Waals surface area contributed by atoms with E-state index >= 15 is 0 Å². The average Bonchev–Trinajstić information content (AvgIpc) is 3.20. The number of carbonyl (C=O) groups is 2. The monoisotopic (exact) mass is 609 g/mol. The number of carbonyl (C=O) groups excluding carboxylic acids is 2. The van der Waals surface area contributed by atoms with Crippen LogP contribution in [-0.2, 0) is 28.8 Å².